The van der Waals surface area contributed by atoms with Crippen molar-refractivity contribution in [2.24, 2.45) is 5.92 Å². The van der Waals surface area contributed by atoms with Gasteiger partial charge in [-0.15, -0.1) is 0 Å². The van der Waals surface area contributed by atoms with Crippen LogP contribution in [0.15, 0.2) is 42.5 Å². The number of carbonyl (C=O) groups is 3. The van der Waals surface area contributed by atoms with Crippen LogP contribution in [0.4, 0.5) is 5.69 Å². The molecule has 3 rings (SSSR count). The van der Waals surface area contributed by atoms with Crippen molar-refractivity contribution >= 4 is 46.6 Å². The highest BCUT2D eigenvalue weighted by atomic mass is 35.5. The molecule has 1 N–H and O–H groups in total. The Hall–Kier alpha value is -2.77. The molecule has 2 aromatic carbocycles. The molecule has 170 valence electrons. The van der Waals surface area contributed by atoms with Gasteiger partial charge in [-0.2, -0.15) is 0 Å². The Bertz CT molecular complexity index is 995. The normalized spacial score (nSPS) is 15.8. The van der Waals surface area contributed by atoms with Gasteiger partial charge in [-0.3, -0.25) is 14.4 Å². The van der Waals surface area contributed by atoms with E-state index in [2.05, 4.69) is 5.32 Å². The Balaban J connectivity index is 1.56. The molecule has 0 spiro atoms. The van der Waals surface area contributed by atoms with E-state index < -0.39 is 0 Å². The van der Waals surface area contributed by atoms with Crippen molar-refractivity contribution in [2.45, 2.75) is 12.8 Å². The van der Waals surface area contributed by atoms with Crippen molar-refractivity contribution in [2.75, 3.05) is 39.1 Å². The highest BCUT2D eigenvalue weighted by molar-refractivity contribution is 6.42. The van der Waals surface area contributed by atoms with E-state index in [0.717, 1.165) is 6.42 Å². The highest BCUT2D eigenvalue weighted by Crippen LogP contribution is 2.25. The van der Waals surface area contributed by atoms with Crippen molar-refractivity contribution in [3.63, 3.8) is 0 Å². The van der Waals surface area contributed by atoms with Gasteiger partial charge in [0, 0.05) is 38.4 Å². The first-order valence-electron chi connectivity index (χ1n) is 10.2. The van der Waals surface area contributed by atoms with Gasteiger partial charge < -0.3 is 19.9 Å². The van der Waals surface area contributed by atoms with Gasteiger partial charge in [0.2, 0.25) is 5.91 Å². The van der Waals surface area contributed by atoms with Crippen LogP contribution in [0.3, 0.4) is 0 Å². The van der Waals surface area contributed by atoms with E-state index in [1.165, 1.54) is 4.90 Å². The first-order chi connectivity index (χ1) is 15.2. The molecule has 1 aliphatic heterocycles. The fraction of sp³-hybridized carbons (Fsp3) is 0.348. The lowest BCUT2D eigenvalue weighted by molar-refractivity contribution is -0.130. The summed E-state index contributed by atoms with van der Waals surface area (Å²) in [5.74, 6) is -0.235. The largest absolute Gasteiger partial charge is 0.484 e. The summed E-state index contributed by atoms with van der Waals surface area (Å²) >= 11 is 12.0. The molecule has 9 heteroatoms. The van der Waals surface area contributed by atoms with Crippen LogP contribution in [-0.4, -0.2) is 61.3 Å². The number of hydrogen-bond acceptors (Lipinski definition) is 4. The lowest BCUT2D eigenvalue weighted by Gasteiger charge is -2.32. The van der Waals surface area contributed by atoms with Gasteiger partial charge >= 0.3 is 0 Å². The van der Waals surface area contributed by atoms with Gasteiger partial charge in [-0.1, -0.05) is 23.2 Å². The first-order valence-corrected chi connectivity index (χ1v) is 11.0. The van der Waals surface area contributed by atoms with Crippen LogP contribution in [0, 0.1) is 5.92 Å². The van der Waals surface area contributed by atoms with Gasteiger partial charge in [0.1, 0.15) is 5.75 Å². The van der Waals surface area contributed by atoms with Crippen molar-refractivity contribution in [1.82, 2.24) is 9.80 Å². The van der Waals surface area contributed by atoms with Crippen LogP contribution in [-0.2, 0) is 9.59 Å². The van der Waals surface area contributed by atoms with E-state index in [4.69, 9.17) is 27.9 Å². The number of benzene rings is 2. The predicted molar refractivity (Wildman–Crippen MR) is 124 cm³/mol. The van der Waals surface area contributed by atoms with Crippen LogP contribution in [0.25, 0.3) is 0 Å². The number of nitrogens with zero attached hydrogens (tertiary/aromatic N) is 2. The van der Waals surface area contributed by atoms with E-state index in [-0.39, 0.29) is 30.2 Å². The molecule has 0 aliphatic carbocycles. The Morgan fingerprint density at radius 2 is 1.81 bits per heavy atom. The van der Waals surface area contributed by atoms with E-state index in [9.17, 15) is 14.4 Å². The van der Waals surface area contributed by atoms with Crippen LogP contribution in [0.2, 0.25) is 10.0 Å². The van der Waals surface area contributed by atoms with E-state index in [1.807, 2.05) is 0 Å². The number of likely N-dealkylation sites (tertiary alicyclic amines) is 1. The second kappa shape index (κ2) is 10.7. The average Bonchev–Trinajstić information content (AvgIpc) is 2.79. The summed E-state index contributed by atoms with van der Waals surface area (Å²) in [6, 6.07) is 11.6. The van der Waals surface area contributed by atoms with Crippen molar-refractivity contribution < 1.29 is 19.1 Å². The van der Waals surface area contributed by atoms with Crippen LogP contribution in [0.1, 0.15) is 23.2 Å². The molecule has 1 atom stereocenters. The lowest BCUT2D eigenvalue weighted by atomic mass is 9.96. The minimum absolute atomic E-state index is 0.0521. The third-order valence-corrected chi connectivity index (χ3v) is 5.97. The summed E-state index contributed by atoms with van der Waals surface area (Å²) in [5, 5.41) is 3.60. The number of piperidine rings is 1. The molecular formula is C23H25Cl2N3O4. The van der Waals surface area contributed by atoms with Gasteiger partial charge in [-0.05, 0) is 55.3 Å². The minimum atomic E-state index is -0.316. The molecule has 0 saturated carbocycles. The molecule has 0 bridgehead atoms. The first kappa shape index (κ1) is 23.9. The molecule has 2 aromatic rings. The smallest absolute Gasteiger partial charge is 0.259 e. The fourth-order valence-electron chi connectivity index (χ4n) is 3.34. The summed E-state index contributed by atoms with van der Waals surface area (Å²) < 4.78 is 5.44. The highest BCUT2D eigenvalue weighted by Gasteiger charge is 2.29. The molecule has 1 fully saturated rings. The molecule has 1 unspecified atom stereocenters. The second-order valence-electron chi connectivity index (χ2n) is 7.81. The Labute approximate surface area is 197 Å². The summed E-state index contributed by atoms with van der Waals surface area (Å²) in [6.45, 7) is 0.864. The zero-order valence-corrected chi connectivity index (χ0v) is 19.4. The number of hydrogen-bond donors (Lipinski definition) is 1. The van der Waals surface area contributed by atoms with Crippen molar-refractivity contribution in [3.05, 3.63) is 58.1 Å². The maximum atomic E-state index is 12.8. The number of rotatable bonds is 6. The maximum Gasteiger partial charge on any atom is 0.259 e. The molecule has 1 saturated heterocycles. The second-order valence-corrected chi connectivity index (χ2v) is 8.62. The Kier molecular flexibility index (Phi) is 7.99. The summed E-state index contributed by atoms with van der Waals surface area (Å²) in [7, 11) is 3.32. The quantitative estimate of drug-likeness (QED) is 0.682. The van der Waals surface area contributed by atoms with Gasteiger partial charge in [0.05, 0.1) is 16.0 Å². The van der Waals surface area contributed by atoms with Crippen LogP contribution in [0.5, 0.6) is 5.75 Å². The number of likely N-dealkylation sites (N-methyl/N-ethyl adjacent to an activating group) is 1. The summed E-state index contributed by atoms with van der Waals surface area (Å²) in [6.07, 6.45) is 1.43. The van der Waals surface area contributed by atoms with Crippen LogP contribution < -0.4 is 10.1 Å². The molecule has 0 aromatic heterocycles. The Morgan fingerprint density at radius 1 is 1.09 bits per heavy atom. The van der Waals surface area contributed by atoms with E-state index in [0.29, 0.717) is 46.6 Å². The SMILES string of the molecule is CN(C)C(=O)COc1ccc(NC(=O)C2CCCN(C(=O)c3ccc(Cl)c(Cl)c3)C2)cc1. The fourth-order valence-corrected chi connectivity index (χ4v) is 3.64. The molecule has 1 heterocycles. The third kappa shape index (κ3) is 6.14. The number of carbonyl (C=O) groups excluding carboxylic acids is 3. The van der Waals surface area contributed by atoms with Gasteiger partial charge in [0.15, 0.2) is 6.61 Å². The maximum absolute atomic E-state index is 12.8. The summed E-state index contributed by atoms with van der Waals surface area (Å²) in [4.78, 5) is 40.3. The Morgan fingerprint density at radius 3 is 2.47 bits per heavy atom. The molecule has 1 aliphatic rings. The molecule has 0 radical (unpaired) electrons. The van der Waals surface area contributed by atoms with E-state index in [1.54, 1.807) is 61.5 Å². The predicted octanol–water partition coefficient (Wildman–Crippen LogP) is 3.95. The van der Waals surface area contributed by atoms with Gasteiger partial charge in [-0.25, -0.2) is 0 Å². The topological polar surface area (TPSA) is 79.0 Å². The van der Waals surface area contributed by atoms with Crippen molar-refractivity contribution in [1.29, 1.82) is 0 Å². The van der Waals surface area contributed by atoms with E-state index >= 15 is 0 Å². The standard InChI is InChI=1S/C23H25Cl2N3O4/c1-27(2)21(29)14-32-18-8-6-17(7-9-18)26-22(30)16-4-3-11-28(13-16)23(31)15-5-10-19(24)20(25)12-15/h5-10,12,16H,3-4,11,13-14H2,1-2H3,(H,26,30). The minimum Gasteiger partial charge on any atom is -0.484 e. The monoisotopic (exact) mass is 477 g/mol. The van der Waals surface area contributed by atoms with Crippen molar-refractivity contribution in [3.8, 4) is 5.75 Å². The molecular weight excluding hydrogens is 453 g/mol. The number of anilines is 1. The number of ether oxygens (including phenoxy) is 1. The van der Waals surface area contributed by atoms with Crippen LogP contribution >= 0.6 is 23.2 Å². The molecule has 7 nitrogen and oxygen atoms in total. The summed E-state index contributed by atoms with van der Waals surface area (Å²) in [5.41, 5.74) is 1.07. The average molecular weight is 478 g/mol. The number of halogens is 2. The third-order valence-electron chi connectivity index (χ3n) is 5.23. The zero-order valence-electron chi connectivity index (χ0n) is 17.9. The zero-order chi connectivity index (χ0) is 23.3. The molecule has 3 amide bonds. The molecule has 32 heavy (non-hydrogen) atoms. The number of amides is 3. The number of nitrogens with one attached hydrogen (secondary N) is 1. The lowest BCUT2D eigenvalue weighted by Crippen LogP contribution is -2.43. The van der Waals surface area contributed by atoms with Gasteiger partial charge in [0.25, 0.3) is 11.8 Å².